The number of hydrogen-bond acceptors (Lipinski definition) is 3. The second-order valence-electron chi connectivity index (χ2n) is 6.92. The number of benzene rings is 1. The van der Waals surface area contributed by atoms with Crippen molar-refractivity contribution < 1.29 is 9.47 Å². The number of nitrogens with one attached hydrogen (secondary N) is 1. The lowest BCUT2D eigenvalue weighted by molar-refractivity contribution is 0.156. The van der Waals surface area contributed by atoms with E-state index in [1.54, 1.807) is 0 Å². The number of nitrogens with zero attached hydrogens (tertiary/aromatic N) is 2. The van der Waals surface area contributed by atoms with Crippen LogP contribution in [0.1, 0.15) is 24.8 Å². The van der Waals surface area contributed by atoms with Crippen molar-refractivity contribution in [1.82, 2.24) is 10.2 Å². The zero-order chi connectivity index (χ0) is 16.8. The number of aliphatic imine (C=N–C) groups is 1. The lowest BCUT2D eigenvalue weighted by Crippen LogP contribution is -2.42. The van der Waals surface area contributed by atoms with Crippen molar-refractivity contribution in [2.75, 3.05) is 46.5 Å². The van der Waals surface area contributed by atoms with Gasteiger partial charge in [0.1, 0.15) is 5.75 Å². The van der Waals surface area contributed by atoms with Gasteiger partial charge in [0.25, 0.3) is 0 Å². The average molecular weight is 459 g/mol. The lowest BCUT2D eigenvalue weighted by Gasteiger charge is -2.25. The van der Waals surface area contributed by atoms with Crippen molar-refractivity contribution in [3.63, 3.8) is 0 Å². The van der Waals surface area contributed by atoms with Crippen LogP contribution in [0.25, 0.3) is 0 Å². The van der Waals surface area contributed by atoms with Crippen molar-refractivity contribution in [3.8, 4) is 5.75 Å². The molecule has 2 aliphatic rings. The minimum Gasteiger partial charge on any atom is -0.493 e. The van der Waals surface area contributed by atoms with E-state index in [1.165, 1.54) is 18.4 Å². The van der Waals surface area contributed by atoms with Crippen LogP contribution in [0.5, 0.6) is 5.75 Å². The highest BCUT2D eigenvalue weighted by Crippen LogP contribution is 2.38. The third-order valence-electron chi connectivity index (χ3n) is 5.09. The molecule has 0 bridgehead atoms. The number of rotatable bonds is 5. The Labute approximate surface area is 168 Å². The molecule has 0 amide bonds. The van der Waals surface area contributed by atoms with Crippen molar-refractivity contribution in [3.05, 3.63) is 29.8 Å². The van der Waals surface area contributed by atoms with Gasteiger partial charge in [0.2, 0.25) is 0 Å². The summed E-state index contributed by atoms with van der Waals surface area (Å²) in [5, 5.41) is 3.47. The molecule has 0 saturated carbocycles. The van der Waals surface area contributed by atoms with Crippen LogP contribution in [0.4, 0.5) is 0 Å². The molecule has 1 atom stereocenters. The minimum atomic E-state index is 0. The lowest BCUT2D eigenvalue weighted by atomic mass is 9.87. The number of ether oxygens (including phenoxy) is 2. The van der Waals surface area contributed by atoms with E-state index < -0.39 is 0 Å². The summed E-state index contributed by atoms with van der Waals surface area (Å²) >= 11 is 0. The van der Waals surface area contributed by atoms with E-state index >= 15 is 0 Å². The molecule has 2 aliphatic heterocycles. The number of halogens is 1. The summed E-state index contributed by atoms with van der Waals surface area (Å²) in [6.45, 7) is 7.62. The molecule has 2 heterocycles. The van der Waals surface area contributed by atoms with Gasteiger partial charge in [-0.05, 0) is 37.8 Å². The molecule has 1 spiro atoms. The Bertz CT molecular complexity index is 574. The van der Waals surface area contributed by atoms with Gasteiger partial charge in [0.05, 0.1) is 13.2 Å². The van der Waals surface area contributed by atoms with E-state index in [0.717, 1.165) is 51.0 Å². The fourth-order valence-electron chi connectivity index (χ4n) is 3.59. The summed E-state index contributed by atoms with van der Waals surface area (Å²) in [5.74, 6) is 1.99. The van der Waals surface area contributed by atoms with Crippen LogP contribution < -0.4 is 10.1 Å². The quantitative estimate of drug-likeness (QED) is 0.318. The molecule has 3 rings (SSSR count). The summed E-state index contributed by atoms with van der Waals surface area (Å²) in [6, 6.07) is 8.14. The molecule has 1 aromatic carbocycles. The summed E-state index contributed by atoms with van der Waals surface area (Å²) in [6.07, 6.45) is 3.35. The third kappa shape index (κ3) is 5.23. The zero-order valence-corrected chi connectivity index (χ0v) is 17.6. The normalized spacial score (nSPS) is 23.0. The molecule has 1 N–H and O–H groups in total. The molecule has 2 saturated heterocycles. The average Bonchev–Trinajstić information content (AvgIpc) is 3.23. The molecule has 1 unspecified atom stereocenters. The first kappa shape index (κ1) is 20.3. The molecule has 140 valence electrons. The minimum absolute atomic E-state index is 0. The van der Waals surface area contributed by atoms with Crippen molar-refractivity contribution in [2.24, 2.45) is 10.4 Å². The van der Waals surface area contributed by atoms with Crippen molar-refractivity contribution in [2.45, 2.75) is 26.2 Å². The van der Waals surface area contributed by atoms with Crippen LogP contribution in [0.15, 0.2) is 29.3 Å². The highest BCUT2D eigenvalue weighted by molar-refractivity contribution is 14.0. The molecule has 0 aliphatic carbocycles. The maximum absolute atomic E-state index is 5.84. The van der Waals surface area contributed by atoms with Gasteiger partial charge in [-0.15, -0.1) is 24.0 Å². The molecule has 1 aromatic rings. The van der Waals surface area contributed by atoms with E-state index in [4.69, 9.17) is 9.47 Å². The van der Waals surface area contributed by atoms with E-state index in [1.807, 2.05) is 25.2 Å². The fraction of sp³-hybridized carbons (Fsp3) is 0.632. The second kappa shape index (κ2) is 9.62. The SMILES string of the molecule is CN=C(NCCCOc1ccccc1C)N1CCC2(CCOC2)C1.I. The molecule has 25 heavy (non-hydrogen) atoms. The molecule has 5 nitrogen and oxygen atoms in total. The molecule has 6 heteroatoms. The van der Waals surface area contributed by atoms with Crippen LogP contribution >= 0.6 is 24.0 Å². The molecular weight excluding hydrogens is 429 g/mol. The van der Waals surface area contributed by atoms with Crippen LogP contribution in [-0.2, 0) is 4.74 Å². The Morgan fingerprint density at radius 2 is 2.20 bits per heavy atom. The van der Waals surface area contributed by atoms with Gasteiger partial charge in [-0.3, -0.25) is 4.99 Å². The molecular formula is C19H30IN3O2. The van der Waals surface area contributed by atoms with Gasteiger partial charge < -0.3 is 19.7 Å². The maximum atomic E-state index is 5.84. The van der Waals surface area contributed by atoms with Crippen molar-refractivity contribution in [1.29, 1.82) is 0 Å². The number of likely N-dealkylation sites (tertiary alicyclic amines) is 1. The summed E-state index contributed by atoms with van der Waals surface area (Å²) in [4.78, 5) is 6.82. The van der Waals surface area contributed by atoms with Crippen LogP contribution in [-0.4, -0.2) is 57.4 Å². The van der Waals surface area contributed by atoms with Crippen LogP contribution in [0, 0.1) is 12.3 Å². The van der Waals surface area contributed by atoms with E-state index in [0.29, 0.717) is 12.0 Å². The number of aryl methyl sites for hydroxylation is 1. The highest BCUT2D eigenvalue weighted by Gasteiger charge is 2.42. The Morgan fingerprint density at radius 3 is 2.92 bits per heavy atom. The van der Waals surface area contributed by atoms with Gasteiger partial charge in [0.15, 0.2) is 5.96 Å². The zero-order valence-electron chi connectivity index (χ0n) is 15.3. The summed E-state index contributed by atoms with van der Waals surface area (Å²) in [5.41, 5.74) is 1.55. The third-order valence-corrected chi connectivity index (χ3v) is 5.09. The second-order valence-corrected chi connectivity index (χ2v) is 6.92. The van der Waals surface area contributed by atoms with Gasteiger partial charge >= 0.3 is 0 Å². The predicted molar refractivity (Wildman–Crippen MR) is 112 cm³/mol. The molecule has 2 fully saturated rings. The van der Waals surface area contributed by atoms with Gasteiger partial charge in [-0.2, -0.15) is 0 Å². The summed E-state index contributed by atoms with van der Waals surface area (Å²) in [7, 11) is 1.86. The number of hydrogen-bond donors (Lipinski definition) is 1. The Kier molecular flexibility index (Phi) is 7.81. The highest BCUT2D eigenvalue weighted by atomic mass is 127. The predicted octanol–water partition coefficient (Wildman–Crippen LogP) is 3.07. The standard InChI is InChI=1S/C19H29N3O2.HI/c1-16-6-3-4-7-17(16)24-12-5-10-21-18(20-2)22-11-8-19(14-22)9-13-23-15-19;/h3-4,6-7H,5,8-15H2,1-2H3,(H,20,21);1H. The van der Waals surface area contributed by atoms with Crippen LogP contribution in [0.2, 0.25) is 0 Å². The molecule has 0 radical (unpaired) electrons. The monoisotopic (exact) mass is 459 g/mol. The van der Waals surface area contributed by atoms with Gasteiger partial charge in [0, 0.05) is 38.7 Å². The topological polar surface area (TPSA) is 46.1 Å². The number of para-hydroxylation sites is 1. The van der Waals surface area contributed by atoms with Gasteiger partial charge in [-0.1, -0.05) is 18.2 Å². The van der Waals surface area contributed by atoms with E-state index in [2.05, 4.69) is 28.2 Å². The van der Waals surface area contributed by atoms with E-state index in [-0.39, 0.29) is 24.0 Å². The number of guanidine groups is 1. The maximum Gasteiger partial charge on any atom is 0.193 e. The Hall–Kier alpha value is -1.02. The first-order valence-corrected chi connectivity index (χ1v) is 8.94. The fourth-order valence-corrected chi connectivity index (χ4v) is 3.59. The van der Waals surface area contributed by atoms with Crippen molar-refractivity contribution >= 4 is 29.9 Å². The van der Waals surface area contributed by atoms with Crippen LogP contribution in [0.3, 0.4) is 0 Å². The van der Waals surface area contributed by atoms with E-state index in [9.17, 15) is 0 Å². The smallest absolute Gasteiger partial charge is 0.193 e. The largest absolute Gasteiger partial charge is 0.493 e. The summed E-state index contributed by atoms with van der Waals surface area (Å²) < 4.78 is 11.4. The Balaban J connectivity index is 0.00000225. The van der Waals surface area contributed by atoms with Gasteiger partial charge in [-0.25, -0.2) is 0 Å². The Morgan fingerprint density at radius 1 is 1.36 bits per heavy atom. The first-order valence-electron chi connectivity index (χ1n) is 8.94. The first-order chi connectivity index (χ1) is 11.7. The molecule has 0 aromatic heterocycles.